The van der Waals surface area contributed by atoms with Gasteiger partial charge in [0.05, 0.1) is 7.11 Å². The molecular formula is C21H32FN3O3. The van der Waals surface area contributed by atoms with Crippen molar-refractivity contribution < 1.29 is 19.0 Å². The number of carbonyl (C=O) groups excluding carboxylic acids is 1. The molecule has 1 amide bonds. The van der Waals surface area contributed by atoms with Crippen molar-refractivity contribution in [2.45, 2.75) is 38.3 Å². The summed E-state index contributed by atoms with van der Waals surface area (Å²) >= 11 is 0. The van der Waals surface area contributed by atoms with Crippen LogP contribution in [0.15, 0.2) is 18.2 Å². The molecule has 156 valence electrons. The van der Waals surface area contributed by atoms with E-state index in [0.29, 0.717) is 37.2 Å². The number of rotatable bonds is 6. The van der Waals surface area contributed by atoms with Crippen LogP contribution in [-0.2, 0) is 11.3 Å². The van der Waals surface area contributed by atoms with E-state index in [-0.39, 0.29) is 18.3 Å². The van der Waals surface area contributed by atoms with E-state index in [9.17, 15) is 14.3 Å². The van der Waals surface area contributed by atoms with Gasteiger partial charge in [0.1, 0.15) is 11.6 Å². The number of likely N-dealkylation sites (tertiary alicyclic amines) is 1. The van der Waals surface area contributed by atoms with Crippen molar-refractivity contribution in [2.24, 2.45) is 0 Å². The second-order valence-electron chi connectivity index (χ2n) is 7.88. The molecule has 0 radical (unpaired) electrons. The van der Waals surface area contributed by atoms with E-state index in [1.165, 1.54) is 13.2 Å². The molecule has 1 aromatic carbocycles. The Labute approximate surface area is 166 Å². The third kappa shape index (κ3) is 4.82. The van der Waals surface area contributed by atoms with Crippen LogP contribution in [0, 0.1) is 5.82 Å². The molecule has 1 atom stereocenters. The molecule has 0 aliphatic carbocycles. The molecule has 7 heteroatoms. The highest BCUT2D eigenvalue weighted by Crippen LogP contribution is 2.27. The maximum atomic E-state index is 14.2. The zero-order valence-corrected chi connectivity index (χ0v) is 17.0. The normalized spacial score (nSPS) is 25.0. The Morgan fingerprint density at radius 1 is 1.14 bits per heavy atom. The van der Waals surface area contributed by atoms with E-state index in [1.54, 1.807) is 17.0 Å². The summed E-state index contributed by atoms with van der Waals surface area (Å²) in [5, 5.41) is 11.2. The van der Waals surface area contributed by atoms with Gasteiger partial charge in [-0.05, 0) is 57.1 Å². The average molecular weight is 394 g/mol. The van der Waals surface area contributed by atoms with Crippen molar-refractivity contribution in [3.8, 4) is 5.75 Å². The lowest BCUT2D eigenvalue weighted by molar-refractivity contribution is -0.160. The summed E-state index contributed by atoms with van der Waals surface area (Å²) in [5.74, 6) is -0.103. The molecule has 2 saturated heterocycles. The van der Waals surface area contributed by atoms with Crippen LogP contribution in [-0.4, -0.2) is 84.2 Å². The van der Waals surface area contributed by atoms with Crippen molar-refractivity contribution in [3.63, 3.8) is 0 Å². The van der Waals surface area contributed by atoms with Crippen LogP contribution in [0.3, 0.4) is 0 Å². The monoisotopic (exact) mass is 393 g/mol. The van der Waals surface area contributed by atoms with Gasteiger partial charge in [-0.3, -0.25) is 9.69 Å². The molecule has 2 aliphatic heterocycles. The minimum Gasteiger partial charge on any atom is -0.497 e. The minimum absolute atomic E-state index is 0.147. The lowest BCUT2D eigenvalue weighted by Crippen LogP contribution is -2.58. The van der Waals surface area contributed by atoms with Crippen LogP contribution in [0.4, 0.5) is 4.39 Å². The van der Waals surface area contributed by atoms with Crippen LogP contribution in [0.25, 0.3) is 0 Å². The quantitative estimate of drug-likeness (QED) is 0.798. The van der Waals surface area contributed by atoms with Gasteiger partial charge in [-0.15, -0.1) is 0 Å². The number of hydrogen-bond acceptors (Lipinski definition) is 5. The summed E-state index contributed by atoms with van der Waals surface area (Å²) in [6, 6.07) is 4.53. The molecule has 0 aromatic heterocycles. The lowest BCUT2D eigenvalue weighted by Gasteiger charge is -2.40. The van der Waals surface area contributed by atoms with Crippen LogP contribution >= 0.6 is 0 Å². The average Bonchev–Trinajstić information content (AvgIpc) is 2.92. The second-order valence-corrected chi connectivity index (χ2v) is 7.88. The molecular weight excluding hydrogens is 361 g/mol. The summed E-state index contributed by atoms with van der Waals surface area (Å²) in [7, 11) is 1.53. The van der Waals surface area contributed by atoms with Crippen molar-refractivity contribution in [1.82, 2.24) is 14.7 Å². The van der Waals surface area contributed by atoms with Gasteiger partial charge in [-0.25, -0.2) is 4.39 Å². The number of likely N-dealkylation sites (N-methyl/N-ethyl adjacent to an activating group) is 1. The van der Waals surface area contributed by atoms with Gasteiger partial charge in [0.2, 0.25) is 0 Å². The number of piperidine rings is 1. The second kappa shape index (κ2) is 9.20. The highest BCUT2D eigenvalue weighted by molar-refractivity contribution is 5.86. The highest BCUT2D eigenvalue weighted by Gasteiger charge is 2.43. The van der Waals surface area contributed by atoms with Crippen molar-refractivity contribution in [2.75, 3.05) is 52.9 Å². The minimum atomic E-state index is -1.39. The zero-order valence-electron chi connectivity index (χ0n) is 17.0. The van der Waals surface area contributed by atoms with E-state index in [2.05, 4.69) is 16.7 Å². The topological polar surface area (TPSA) is 56.3 Å². The maximum absolute atomic E-state index is 14.2. The Balaban J connectivity index is 1.67. The first-order valence-electron chi connectivity index (χ1n) is 10.2. The first kappa shape index (κ1) is 21.0. The predicted octanol–water partition coefficient (Wildman–Crippen LogP) is 1.72. The first-order valence-corrected chi connectivity index (χ1v) is 10.2. The van der Waals surface area contributed by atoms with Gasteiger partial charge in [0, 0.05) is 38.3 Å². The number of amides is 1. The Morgan fingerprint density at radius 3 is 2.64 bits per heavy atom. The summed E-state index contributed by atoms with van der Waals surface area (Å²) in [4.78, 5) is 19.3. The first-order chi connectivity index (χ1) is 13.4. The number of β-amino-alcohol motifs (C(OH)–C–C–N with tert-alkyl or cyclic N) is 1. The zero-order chi connectivity index (χ0) is 20.1. The molecule has 0 spiro atoms. The fraction of sp³-hybridized carbons (Fsp3) is 0.667. The number of hydrogen-bond donors (Lipinski definition) is 1. The molecule has 3 rings (SSSR count). The summed E-state index contributed by atoms with van der Waals surface area (Å²) in [5.41, 5.74) is -0.986. The number of aliphatic hydroxyl groups is 1. The van der Waals surface area contributed by atoms with Crippen molar-refractivity contribution in [3.05, 3.63) is 29.6 Å². The molecule has 28 heavy (non-hydrogen) atoms. The fourth-order valence-corrected chi connectivity index (χ4v) is 4.24. The third-order valence-corrected chi connectivity index (χ3v) is 5.93. The number of carbonyl (C=O) groups is 1. The molecule has 6 nitrogen and oxygen atoms in total. The number of methoxy groups -OCH3 is 1. The Kier molecular flexibility index (Phi) is 6.91. The molecule has 2 fully saturated rings. The van der Waals surface area contributed by atoms with E-state index in [0.717, 1.165) is 39.1 Å². The molecule has 1 unspecified atom stereocenters. The lowest BCUT2D eigenvalue weighted by atomic mass is 9.90. The van der Waals surface area contributed by atoms with Gasteiger partial charge in [0.25, 0.3) is 5.91 Å². The van der Waals surface area contributed by atoms with Crippen LogP contribution in [0.2, 0.25) is 0 Å². The Bertz CT molecular complexity index is 687. The van der Waals surface area contributed by atoms with Gasteiger partial charge in [-0.1, -0.05) is 6.92 Å². The number of halogens is 1. The van der Waals surface area contributed by atoms with Crippen molar-refractivity contribution in [1.29, 1.82) is 0 Å². The van der Waals surface area contributed by atoms with Crippen LogP contribution in [0.1, 0.15) is 31.7 Å². The predicted molar refractivity (Wildman–Crippen MR) is 106 cm³/mol. The molecule has 2 aliphatic rings. The molecule has 1 N–H and O–H groups in total. The third-order valence-electron chi connectivity index (χ3n) is 5.93. The van der Waals surface area contributed by atoms with Gasteiger partial charge in [0.15, 0.2) is 5.60 Å². The van der Waals surface area contributed by atoms with E-state index in [4.69, 9.17) is 4.74 Å². The van der Waals surface area contributed by atoms with Crippen LogP contribution in [0.5, 0.6) is 5.75 Å². The van der Waals surface area contributed by atoms with Crippen LogP contribution < -0.4 is 4.74 Å². The SMILES string of the molecule is CCN1CCCN(CC2(O)CCCN(Cc3cc(OC)ccc3F)C2=O)CC1. The number of benzene rings is 1. The van der Waals surface area contributed by atoms with E-state index < -0.39 is 5.60 Å². The maximum Gasteiger partial charge on any atom is 0.256 e. The number of nitrogens with zero attached hydrogens (tertiary/aromatic N) is 3. The van der Waals surface area contributed by atoms with Crippen molar-refractivity contribution >= 4 is 5.91 Å². The smallest absolute Gasteiger partial charge is 0.256 e. The van der Waals surface area contributed by atoms with Gasteiger partial charge in [-0.2, -0.15) is 0 Å². The standard InChI is InChI=1S/C21H32FN3O3/c1-3-23-9-5-10-24(13-12-23)16-21(27)8-4-11-25(20(21)26)15-17-14-18(28-2)6-7-19(17)22/h6-7,14,27H,3-5,8-13,15-16H2,1-2H3. The molecule has 1 aromatic rings. The van der Waals surface area contributed by atoms with Gasteiger partial charge < -0.3 is 19.6 Å². The fourth-order valence-electron chi connectivity index (χ4n) is 4.24. The summed E-state index contributed by atoms with van der Waals surface area (Å²) < 4.78 is 19.4. The van der Waals surface area contributed by atoms with Gasteiger partial charge >= 0.3 is 0 Å². The molecule has 0 saturated carbocycles. The van der Waals surface area contributed by atoms with E-state index >= 15 is 0 Å². The highest BCUT2D eigenvalue weighted by atomic mass is 19.1. The largest absolute Gasteiger partial charge is 0.497 e. The Hall–Kier alpha value is -1.70. The van der Waals surface area contributed by atoms with E-state index in [1.807, 2.05) is 0 Å². The summed E-state index contributed by atoms with van der Waals surface area (Å²) in [6.45, 7) is 7.96. The molecule has 0 bridgehead atoms. The molecule has 2 heterocycles. The Morgan fingerprint density at radius 2 is 1.89 bits per heavy atom. The summed E-state index contributed by atoms with van der Waals surface area (Å²) in [6.07, 6.45) is 2.20. The number of ether oxygens (including phenoxy) is 1.